The molecule has 1 aromatic carbocycles. The van der Waals surface area contributed by atoms with Gasteiger partial charge >= 0.3 is 0 Å². The highest BCUT2D eigenvalue weighted by Crippen LogP contribution is 2.23. The first-order valence-corrected chi connectivity index (χ1v) is 9.29. The quantitative estimate of drug-likeness (QED) is 0.794. The molecule has 1 aromatic heterocycles. The molecule has 0 bridgehead atoms. The first-order chi connectivity index (χ1) is 12.7. The number of rotatable bonds is 7. The summed E-state index contributed by atoms with van der Waals surface area (Å²) >= 11 is 0. The van der Waals surface area contributed by atoms with Gasteiger partial charge in [-0.3, -0.25) is 10.1 Å². The molecule has 0 unspecified atom stereocenters. The number of aromatic nitrogens is 3. The third kappa shape index (κ3) is 4.82. The van der Waals surface area contributed by atoms with E-state index in [-0.39, 0.29) is 5.91 Å². The zero-order valence-electron chi connectivity index (χ0n) is 15.5. The predicted octanol–water partition coefficient (Wildman–Crippen LogP) is 2.25. The monoisotopic (exact) mass is 357 g/mol. The summed E-state index contributed by atoms with van der Waals surface area (Å²) in [6, 6.07) is 7.86. The van der Waals surface area contributed by atoms with Crippen molar-refractivity contribution in [2.45, 2.75) is 38.5 Å². The highest BCUT2D eigenvalue weighted by molar-refractivity contribution is 5.89. The van der Waals surface area contributed by atoms with E-state index in [0.717, 1.165) is 43.1 Å². The summed E-state index contributed by atoms with van der Waals surface area (Å²) in [5, 5.41) is 10.7. The molecular formula is C19H27N5O2. The Hall–Kier alpha value is -2.41. The number of aryl methyl sites for hydroxylation is 2. The molecule has 0 aliphatic carbocycles. The normalized spacial score (nSPS) is 15.0. The van der Waals surface area contributed by atoms with Gasteiger partial charge in [0.15, 0.2) is 5.82 Å². The van der Waals surface area contributed by atoms with Crippen molar-refractivity contribution in [1.82, 2.24) is 20.1 Å². The minimum absolute atomic E-state index is 0.0498. The maximum absolute atomic E-state index is 12.3. The number of hydrogen-bond donors (Lipinski definition) is 2. The molecule has 0 radical (unpaired) electrons. The van der Waals surface area contributed by atoms with Gasteiger partial charge in [-0.1, -0.05) is 12.1 Å². The second kappa shape index (κ2) is 8.80. The summed E-state index contributed by atoms with van der Waals surface area (Å²) < 4.78 is 7.09. The molecular weight excluding hydrogens is 330 g/mol. The molecule has 2 heterocycles. The van der Waals surface area contributed by atoms with Crippen LogP contribution in [0.5, 0.6) is 5.75 Å². The highest BCUT2D eigenvalue weighted by Gasteiger charge is 2.21. The van der Waals surface area contributed by atoms with E-state index in [4.69, 9.17) is 4.74 Å². The maximum atomic E-state index is 12.3. The van der Waals surface area contributed by atoms with Gasteiger partial charge in [0, 0.05) is 19.4 Å². The topological polar surface area (TPSA) is 81.1 Å². The standard InChI is InChI=1S/C19H27N5O2/c1-3-26-16-7-4-14(5-8-16)6-9-17(25)21-19-22-18(23-24(19)2)15-10-12-20-13-11-15/h4-5,7-8,15,20H,3,6,9-13H2,1-2H3,(H,21,22,23,25). The average Bonchev–Trinajstić information content (AvgIpc) is 3.03. The van der Waals surface area contributed by atoms with E-state index in [1.807, 2.05) is 38.2 Å². The summed E-state index contributed by atoms with van der Waals surface area (Å²) in [6.07, 6.45) is 3.16. The number of nitrogens with one attached hydrogen (secondary N) is 2. The van der Waals surface area contributed by atoms with Gasteiger partial charge in [-0.15, -0.1) is 0 Å². The number of carbonyl (C=O) groups excluding carboxylic acids is 1. The zero-order valence-corrected chi connectivity index (χ0v) is 15.5. The number of piperidine rings is 1. The van der Waals surface area contributed by atoms with Gasteiger partial charge in [0.05, 0.1) is 6.61 Å². The number of amides is 1. The molecule has 0 spiro atoms. The van der Waals surface area contributed by atoms with E-state index < -0.39 is 0 Å². The lowest BCUT2D eigenvalue weighted by Gasteiger charge is -2.19. The van der Waals surface area contributed by atoms with E-state index >= 15 is 0 Å². The van der Waals surface area contributed by atoms with Crippen LogP contribution in [0.15, 0.2) is 24.3 Å². The van der Waals surface area contributed by atoms with Gasteiger partial charge in [-0.05, 0) is 57.0 Å². The number of carbonyl (C=O) groups is 1. The second-order valence-electron chi connectivity index (χ2n) is 6.57. The predicted molar refractivity (Wildman–Crippen MR) is 100 cm³/mol. The molecule has 1 aliphatic rings. The van der Waals surface area contributed by atoms with Gasteiger partial charge in [0.1, 0.15) is 5.75 Å². The van der Waals surface area contributed by atoms with Crippen molar-refractivity contribution in [3.05, 3.63) is 35.7 Å². The van der Waals surface area contributed by atoms with Gasteiger partial charge < -0.3 is 10.1 Å². The van der Waals surface area contributed by atoms with Crippen molar-refractivity contribution in [3.63, 3.8) is 0 Å². The fourth-order valence-electron chi connectivity index (χ4n) is 3.13. The lowest BCUT2D eigenvalue weighted by molar-refractivity contribution is -0.116. The van der Waals surface area contributed by atoms with Gasteiger partial charge in [0.2, 0.25) is 11.9 Å². The minimum atomic E-state index is -0.0498. The summed E-state index contributed by atoms with van der Waals surface area (Å²) in [5.41, 5.74) is 1.11. The van der Waals surface area contributed by atoms with E-state index in [2.05, 4.69) is 20.7 Å². The Labute approximate surface area is 154 Å². The molecule has 140 valence electrons. The van der Waals surface area contributed by atoms with Crippen LogP contribution in [-0.2, 0) is 18.3 Å². The largest absolute Gasteiger partial charge is 0.494 e. The molecule has 1 amide bonds. The molecule has 1 fully saturated rings. The Morgan fingerprint density at radius 1 is 1.31 bits per heavy atom. The molecule has 1 saturated heterocycles. The first-order valence-electron chi connectivity index (χ1n) is 9.29. The molecule has 7 nitrogen and oxygen atoms in total. The third-order valence-corrected chi connectivity index (χ3v) is 4.61. The second-order valence-corrected chi connectivity index (χ2v) is 6.57. The van der Waals surface area contributed by atoms with Gasteiger partial charge in [-0.2, -0.15) is 10.1 Å². The molecule has 7 heteroatoms. The molecule has 26 heavy (non-hydrogen) atoms. The fraction of sp³-hybridized carbons (Fsp3) is 0.526. The maximum Gasteiger partial charge on any atom is 0.227 e. The molecule has 2 aromatic rings. The number of benzene rings is 1. The molecule has 0 atom stereocenters. The molecule has 1 aliphatic heterocycles. The van der Waals surface area contributed by atoms with Crippen LogP contribution in [0.4, 0.5) is 5.95 Å². The van der Waals surface area contributed by atoms with Crippen molar-refractivity contribution in [1.29, 1.82) is 0 Å². The van der Waals surface area contributed by atoms with Crippen molar-refractivity contribution in [2.24, 2.45) is 7.05 Å². The lowest BCUT2D eigenvalue weighted by atomic mass is 9.98. The van der Waals surface area contributed by atoms with Crippen LogP contribution in [0, 0.1) is 0 Å². The van der Waals surface area contributed by atoms with Crippen LogP contribution in [0.25, 0.3) is 0 Å². The molecule has 0 saturated carbocycles. The van der Waals surface area contributed by atoms with Crippen molar-refractivity contribution < 1.29 is 9.53 Å². The summed E-state index contributed by atoms with van der Waals surface area (Å²) in [4.78, 5) is 16.8. The minimum Gasteiger partial charge on any atom is -0.494 e. The van der Waals surface area contributed by atoms with Crippen LogP contribution in [0.2, 0.25) is 0 Å². The van der Waals surface area contributed by atoms with Crippen molar-refractivity contribution >= 4 is 11.9 Å². The molecule has 2 N–H and O–H groups in total. The van der Waals surface area contributed by atoms with E-state index in [1.165, 1.54) is 0 Å². The highest BCUT2D eigenvalue weighted by atomic mass is 16.5. The van der Waals surface area contributed by atoms with Gasteiger partial charge in [0.25, 0.3) is 0 Å². The van der Waals surface area contributed by atoms with Crippen LogP contribution in [0.1, 0.15) is 43.5 Å². The number of ether oxygens (including phenoxy) is 1. The number of nitrogens with zero attached hydrogens (tertiary/aromatic N) is 3. The smallest absolute Gasteiger partial charge is 0.227 e. The van der Waals surface area contributed by atoms with Crippen LogP contribution in [0.3, 0.4) is 0 Å². The van der Waals surface area contributed by atoms with Crippen LogP contribution >= 0.6 is 0 Å². The fourth-order valence-corrected chi connectivity index (χ4v) is 3.13. The lowest BCUT2D eigenvalue weighted by Crippen LogP contribution is -2.27. The Kier molecular flexibility index (Phi) is 6.22. The van der Waals surface area contributed by atoms with Gasteiger partial charge in [-0.25, -0.2) is 4.68 Å². The summed E-state index contributed by atoms with van der Waals surface area (Å²) in [6.45, 7) is 4.60. The molecule has 3 rings (SSSR count). The SMILES string of the molecule is CCOc1ccc(CCC(=O)Nc2nc(C3CCNCC3)nn2C)cc1. The Morgan fingerprint density at radius 2 is 2.04 bits per heavy atom. The first kappa shape index (κ1) is 18.4. The Balaban J connectivity index is 1.52. The zero-order chi connectivity index (χ0) is 18.4. The van der Waals surface area contributed by atoms with Crippen LogP contribution < -0.4 is 15.4 Å². The summed E-state index contributed by atoms with van der Waals surface area (Å²) in [5.74, 6) is 2.53. The van der Waals surface area contributed by atoms with E-state index in [9.17, 15) is 4.79 Å². The van der Waals surface area contributed by atoms with E-state index in [1.54, 1.807) is 4.68 Å². The summed E-state index contributed by atoms with van der Waals surface area (Å²) in [7, 11) is 1.82. The van der Waals surface area contributed by atoms with Crippen molar-refractivity contribution in [3.8, 4) is 5.75 Å². The third-order valence-electron chi connectivity index (χ3n) is 4.61. The average molecular weight is 357 g/mol. The number of hydrogen-bond acceptors (Lipinski definition) is 5. The van der Waals surface area contributed by atoms with Crippen LogP contribution in [-0.4, -0.2) is 40.4 Å². The van der Waals surface area contributed by atoms with E-state index in [0.29, 0.717) is 31.3 Å². The Morgan fingerprint density at radius 3 is 2.73 bits per heavy atom. The Bertz CT molecular complexity index is 720. The number of anilines is 1. The van der Waals surface area contributed by atoms with Crippen molar-refractivity contribution in [2.75, 3.05) is 25.0 Å².